The summed E-state index contributed by atoms with van der Waals surface area (Å²) in [5, 5.41) is 3.19. The Hall–Kier alpha value is -1.55. The first kappa shape index (κ1) is 14.5. The molecule has 0 saturated heterocycles. The zero-order valence-electron chi connectivity index (χ0n) is 11.6. The predicted molar refractivity (Wildman–Crippen MR) is 70.8 cm³/mol. The van der Waals surface area contributed by atoms with Crippen molar-refractivity contribution in [3.05, 3.63) is 29.3 Å². The van der Waals surface area contributed by atoms with Crippen molar-refractivity contribution < 1.29 is 14.3 Å². The van der Waals surface area contributed by atoms with Crippen molar-refractivity contribution in [1.82, 2.24) is 5.32 Å². The summed E-state index contributed by atoms with van der Waals surface area (Å²) in [5.41, 5.74) is 2.17. The summed E-state index contributed by atoms with van der Waals surface area (Å²) in [5.74, 6) is 0.556. The number of nitrogens with one attached hydrogen (secondary N) is 1. The lowest BCUT2D eigenvalue weighted by Crippen LogP contribution is -2.36. The van der Waals surface area contributed by atoms with E-state index in [1.807, 2.05) is 32.0 Å². The number of carbonyl (C=O) groups excluding carboxylic acids is 1. The van der Waals surface area contributed by atoms with Crippen LogP contribution in [-0.4, -0.2) is 26.2 Å². The molecule has 0 spiro atoms. The third-order valence-corrected chi connectivity index (χ3v) is 2.91. The molecule has 0 heterocycles. The van der Waals surface area contributed by atoms with Crippen molar-refractivity contribution in [2.75, 3.05) is 14.2 Å². The zero-order chi connectivity index (χ0) is 13.7. The molecule has 4 nitrogen and oxygen atoms in total. The molecule has 0 aromatic heterocycles. The molecule has 0 fully saturated rings. The molecule has 0 radical (unpaired) electrons. The Morgan fingerprint density at radius 1 is 1.28 bits per heavy atom. The molecule has 1 aromatic rings. The summed E-state index contributed by atoms with van der Waals surface area (Å²) >= 11 is 0. The zero-order valence-corrected chi connectivity index (χ0v) is 11.6. The number of aryl methyl sites for hydroxylation is 1. The molecule has 0 aliphatic heterocycles. The molecular formula is C14H21NO3. The standard InChI is InChI=1S/C14H21NO3/c1-9-6-7-12(13(8-9)17-4)10(2)15-11(3)14(16)18-5/h6-8,10-11,15H,1-5H3/t10?,11-/m0/s1. The first-order valence-electron chi connectivity index (χ1n) is 5.98. The van der Waals surface area contributed by atoms with Gasteiger partial charge in [0.1, 0.15) is 11.8 Å². The maximum Gasteiger partial charge on any atom is 0.322 e. The van der Waals surface area contributed by atoms with Crippen LogP contribution in [-0.2, 0) is 9.53 Å². The highest BCUT2D eigenvalue weighted by Gasteiger charge is 2.18. The molecule has 1 rings (SSSR count). The van der Waals surface area contributed by atoms with Crippen molar-refractivity contribution in [3.8, 4) is 5.75 Å². The number of ether oxygens (including phenoxy) is 2. The highest BCUT2D eigenvalue weighted by molar-refractivity contribution is 5.75. The maximum absolute atomic E-state index is 11.4. The van der Waals surface area contributed by atoms with E-state index in [4.69, 9.17) is 9.47 Å². The molecule has 0 amide bonds. The minimum atomic E-state index is -0.351. The van der Waals surface area contributed by atoms with Crippen molar-refractivity contribution in [2.24, 2.45) is 0 Å². The minimum Gasteiger partial charge on any atom is -0.496 e. The number of methoxy groups -OCH3 is 2. The van der Waals surface area contributed by atoms with Crippen LogP contribution in [0, 0.1) is 6.92 Å². The number of benzene rings is 1. The summed E-state index contributed by atoms with van der Waals surface area (Å²) in [6.07, 6.45) is 0. The highest BCUT2D eigenvalue weighted by atomic mass is 16.5. The lowest BCUT2D eigenvalue weighted by Gasteiger charge is -2.20. The first-order chi connectivity index (χ1) is 8.49. The first-order valence-corrected chi connectivity index (χ1v) is 5.98. The van der Waals surface area contributed by atoms with E-state index in [9.17, 15) is 4.79 Å². The van der Waals surface area contributed by atoms with E-state index in [1.54, 1.807) is 14.0 Å². The van der Waals surface area contributed by atoms with Crippen LogP contribution in [0.4, 0.5) is 0 Å². The van der Waals surface area contributed by atoms with Gasteiger partial charge in [-0.15, -0.1) is 0 Å². The Morgan fingerprint density at radius 2 is 1.94 bits per heavy atom. The van der Waals surface area contributed by atoms with Crippen LogP contribution >= 0.6 is 0 Å². The second-order valence-electron chi connectivity index (χ2n) is 4.38. The van der Waals surface area contributed by atoms with Gasteiger partial charge < -0.3 is 9.47 Å². The number of carbonyl (C=O) groups is 1. The van der Waals surface area contributed by atoms with Gasteiger partial charge in [-0.2, -0.15) is 0 Å². The second kappa shape index (κ2) is 6.40. The lowest BCUT2D eigenvalue weighted by molar-refractivity contribution is -0.142. The number of rotatable bonds is 5. The van der Waals surface area contributed by atoms with Crippen LogP contribution in [0.25, 0.3) is 0 Å². The van der Waals surface area contributed by atoms with E-state index in [0.29, 0.717) is 0 Å². The fraction of sp³-hybridized carbons (Fsp3) is 0.500. The summed E-state index contributed by atoms with van der Waals surface area (Å²) in [6, 6.07) is 5.68. The topological polar surface area (TPSA) is 47.6 Å². The van der Waals surface area contributed by atoms with E-state index < -0.39 is 0 Å². The van der Waals surface area contributed by atoms with Gasteiger partial charge in [0.05, 0.1) is 14.2 Å². The molecule has 18 heavy (non-hydrogen) atoms. The fourth-order valence-electron chi connectivity index (χ4n) is 1.89. The monoisotopic (exact) mass is 251 g/mol. The van der Waals surface area contributed by atoms with Gasteiger partial charge in [-0.3, -0.25) is 10.1 Å². The Labute approximate surface area is 108 Å². The van der Waals surface area contributed by atoms with Crippen molar-refractivity contribution >= 4 is 5.97 Å². The summed E-state index contributed by atoms with van der Waals surface area (Å²) in [6.45, 7) is 5.79. The lowest BCUT2D eigenvalue weighted by atomic mass is 10.0. The highest BCUT2D eigenvalue weighted by Crippen LogP contribution is 2.26. The van der Waals surface area contributed by atoms with Crippen LogP contribution in [0.2, 0.25) is 0 Å². The largest absolute Gasteiger partial charge is 0.496 e. The molecule has 0 saturated carbocycles. The third-order valence-electron chi connectivity index (χ3n) is 2.91. The van der Waals surface area contributed by atoms with Crippen LogP contribution in [0.15, 0.2) is 18.2 Å². The van der Waals surface area contributed by atoms with E-state index in [1.165, 1.54) is 7.11 Å². The van der Waals surface area contributed by atoms with Crippen molar-refractivity contribution in [2.45, 2.75) is 32.9 Å². The summed E-state index contributed by atoms with van der Waals surface area (Å²) < 4.78 is 10.1. The Balaban J connectivity index is 2.83. The molecule has 1 N–H and O–H groups in total. The van der Waals surface area contributed by atoms with Gasteiger partial charge in [0.25, 0.3) is 0 Å². The fourth-order valence-corrected chi connectivity index (χ4v) is 1.89. The average Bonchev–Trinajstić information content (AvgIpc) is 2.37. The molecule has 0 bridgehead atoms. The molecule has 0 aliphatic carbocycles. The second-order valence-corrected chi connectivity index (χ2v) is 4.38. The van der Waals surface area contributed by atoms with Crippen LogP contribution in [0.5, 0.6) is 5.75 Å². The Kier molecular flexibility index (Phi) is 5.16. The summed E-state index contributed by atoms with van der Waals surface area (Å²) in [4.78, 5) is 11.4. The van der Waals surface area contributed by atoms with Crippen molar-refractivity contribution in [3.63, 3.8) is 0 Å². The summed E-state index contributed by atoms with van der Waals surface area (Å²) in [7, 11) is 3.03. The van der Waals surface area contributed by atoms with Crippen molar-refractivity contribution in [1.29, 1.82) is 0 Å². The van der Waals surface area contributed by atoms with Gasteiger partial charge in [-0.25, -0.2) is 0 Å². The quantitative estimate of drug-likeness (QED) is 0.815. The van der Waals surface area contributed by atoms with Gasteiger partial charge in [0.2, 0.25) is 0 Å². The van der Waals surface area contributed by atoms with Crippen LogP contribution < -0.4 is 10.1 Å². The number of esters is 1. The Bertz CT molecular complexity index is 418. The molecule has 1 unspecified atom stereocenters. The molecule has 2 atom stereocenters. The number of hydrogen-bond donors (Lipinski definition) is 1. The SMILES string of the molecule is COC(=O)[C@H](C)NC(C)c1ccc(C)cc1OC. The van der Waals surface area contributed by atoms with Gasteiger partial charge in [0, 0.05) is 11.6 Å². The molecule has 1 aromatic carbocycles. The third kappa shape index (κ3) is 3.47. The predicted octanol–water partition coefficient (Wildman–Crippen LogP) is 2.22. The van der Waals surface area contributed by atoms with E-state index in [2.05, 4.69) is 5.32 Å². The van der Waals surface area contributed by atoms with Gasteiger partial charge in [-0.1, -0.05) is 12.1 Å². The molecular weight excluding hydrogens is 230 g/mol. The van der Waals surface area contributed by atoms with E-state index in [-0.39, 0.29) is 18.1 Å². The van der Waals surface area contributed by atoms with E-state index >= 15 is 0 Å². The maximum atomic E-state index is 11.4. The molecule has 100 valence electrons. The number of hydrogen-bond acceptors (Lipinski definition) is 4. The smallest absolute Gasteiger partial charge is 0.322 e. The van der Waals surface area contributed by atoms with E-state index in [0.717, 1.165) is 16.9 Å². The van der Waals surface area contributed by atoms with Gasteiger partial charge >= 0.3 is 5.97 Å². The van der Waals surface area contributed by atoms with Crippen LogP contribution in [0.1, 0.15) is 31.0 Å². The normalized spacial score (nSPS) is 13.8. The Morgan fingerprint density at radius 3 is 2.50 bits per heavy atom. The van der Waals surface area contributed by atoms with Gasteiger partial charge in [0.15, 0.2) is 0 Å². The minimum absolute atomic E-state index is 0.00894. The molecule has 0 aliphatic rings. The van der Waals surface area contributed by atoms with Gasteiger partial charge in [-0.05, 0) is 32.4 Å². The van der Waals surface area contributed by atoms with Crippen LogP contribution in [0.3, 0.4) is 0 Å². The average molecular weight is 251 g/mol. The molecule has 4 heteroatoms.